The fraction of sp³-hybridized carbons (Fsp3) is 0.625. The molecule has 3 rings (SSSR count). The largest absolute Gasteiger partial charge is 0.368 e. The van der Waals surface area contributed by atoms with E-state index in [0.717, 1.165) is 45.0 Å². The van der Waals surface area contributed by atoms with Crippen molar-refractivity contribution in [3.63, 3.8) is 0 Å². The van der Waals surface area contributed by atoms with E-state index in [1.807, 2.05) is 18.2 Å². The second-order valence-electron chi connectivity index (χ2n) is 6.30. The van der Waals surface area contributed by atoms with Crippen molar-refractivity contribution in [2.45, 2.75) is 17.9 Å². The standard InChI is InChI=1S/C16H25N3O2S/c1-3-22(20,21)16-6-4-5-14(11-16)19-12-15(13-19)18-9-7-17(2)8-10-18/h4-6,11,15H,3,7-10,12-13H2,1-2H3. The van der Waals surface area contributed by atoms with Gasteiger partial charge in [-0.05, 0) is 25.2 Å². The first kappa shape index (κ1) is 15.8. The summed E-state index contributed by atoms with van der Waals surface area (Å²) >= 11 is 0. The summed E-state index contributed by atoms with van der Waals surface area (Å²) in [4.78, 5) is 7.64. The second-order valence-corrected chi connectivity index (χ2v) is 8.58. The SMILES string of the molecule is CCS(=O)(=O)c1cccc(N2CC(N3CCN(C)CC3)C2)c1. The summed E-state index contributed by atoms with van der Waals surface area (Å²) in [6, 6.07) is 7.98. The molecule has 2 aliphatic rings. The number of likely N-dealkylation sites (N-methyl/N-ethyl adjacent to an activating group) is 1. The molecule has 22 heavy (non-hydrogen) atoms. The number of sulfone groups is 1. The van der Waals surface area contributed by atoms with E-state index in [-0.39, 0.29) is 5.75 Å². The van der Waals surface area contributed by atoms with Gasteiger partial charge in [0, 0.05) is 51.0 Å². The highest BCUT2D eigenvalue weighted by Crippen LogP contribution is 2.26. The van der Waals surface area contributed by atoms with Crippen LogP contribution in [0.1, 0.15) is 6.92 Å². The van der Waals surface area contributed by atoms with Gasteiger partial charge in [0.1, 0.15) is 0 Å². The van der Waals surface area contributed by atoms with Crippen molar-refractivity contribution in [1.82, 2.24) is 9.80 Å². The lowest BCUT2D eigenvalue weighted by molar-refractivity contribution is 0.0963. The number of rotatable bonds is 4. The normalized spacial score (nSPS) is 21.8. The van der Waals surface area contributed by atoms with E-state index >= 15 is 0 Å². The minimum absolute atomic E-state index is 0.153. The molecule has 2 fully saturated rings. The molecule has 0 spiro atoms. The minimum atomic E-state index is -3.12. The van der Waals surface area contributed by atoms with Crippen LogP contribution in [0.25, 0.3) is 0 Å². The van der Waals surface area contributed by atoms with Crippen LogP contribution >= 0.6 is 0 Å². The van der Waals surface area contributed by atoms with Crippen LogP contribution in [-0.2, 0) is 9.84 Å². The van der Waals surface area contributed by atoms with E-state index < -0.39 is 9.84 Å². The van der Waals surface area contributed by atoms with Gasteiger partial charge in [0.2, 0.25) is 0 Å². The first-order valence-corrected chi connectivity index (χ1v) is 9.65. The van der Waals surface area contributed by atoms with Gasteiger partial charge in [0.25, 0.3) is 0 Å². The molecule has 0 unspecified atom stereocenters. The van der Waals surface area contributed by atoms with Crippen LogP contribution < -0.4 is 4.90 Å². The van der Waals surface area contributed by atoms with Gasteiger partial charge in [0.05, 0.1) is 10.6 Å². The Labute approximate surface area is 133 Å². The predicted molar refractivity (Wildman–Crippen MR) is 89.2 cm³/mol. The zero-order valence-electron chi connectivity index (χ0n) is 13.4. The van der Waals surface area contributed by atoms with Gasteiger partial charge in [-0.2, -0.15) is 0 Å². The van der Waals surface area contributed by atoms with Gasteiger partial charge in [-0.15, -0.1) is 0 Å². The van der Waals surface area contributed by atoms with Crippen molar-refractivity contribution in [3.8, 4) is 0 Å². The highest BCUT2D eigenvalue weighted by Gasteiger charge is 2.33. The molecule has 6 heteroatoms. The molecule has 122 valence electrons. The molecule has 2 aliphatic heterocycles. The van der Waals surface area contributed by atoms with E-state index in [2.05, 4.69) is 21.7 Å². The van der Waals surface area contributed by atoms with Gasteiger partial charge in [-0.25, -0.2) is 8.42 Å². The molecule has 0 saturated carbocycles. The third-order valence-corrected chi connectivity index (χ3v) is 6.57. The molecule has 0 atom stereocenters. The van der Waals surface area contributed by atoms with Crippen molar-refractivity contribution in [1.29, 1.82) is 0 Å². The van der Waals surface area contributed by atoms with Crippen LogP contribution in [0.2, 0.25) is 0 Å². The predicted octanol–water partition coefficient (Wildman–Crippen LogP) is 0.916. The fourth-order valence-electron chi connectivity index (χ4n) is 3.12. The monoisotopic (exact) mass is 323 g/mol. The number of nitrogens with zero attached hydrogens (tertiary/aromatic N) is 3. The molecule has 1 aromatic rings. The van der Waals surface area contributed by atoms with Gasteiger partial charge in [-0.3, -0.25) is 4.90 Å². The maximum absolute atomic E-state index is 12.0. The Bertz CT molecular complexity index is 618. The van der Waals surface area contributed by atoms with Gasteiger partial charge >= 0.3 is 0 Å². The topological polar surface area (TPSA) is 43.9 Å². The summed E-state index contributed by atoms with van der Waals surface area (Å²) in [5, 5.41) is 0. The summed E-state index contributed by atoms with van der Waals surface area (Å²) in [6.45, 7) is 8.24. The second kappa shape index (κ2) is 6.18. The van der Waals surface area contributed by atoms with E-state index in [9.17, 15) is 8.42 Å². The Morgan fingerprint density at radius 2 is 1.82 bits per heavy atom. The first-order valence-electron chi connectivity index (χ1n) is 8.00. The highest BCUT2D eigenvalue weighted by atomic mass is 32.2. The molecule has 0 amide bonds. The number of benzene rings is 1. The fourth-order valence-corrected chi connectivity index (χ4v) is 4.04. The molecule has 0 aromatic heterocycles. The average molecular weight is 323 g/mol. The Balaban J connectivity index is 1.62. The summed E-state index contributed by atoms with van der Waals surface area (Å²) in [7, 11) is -0.950. The third kappa shape index (κ3) is 3.14. The number of piperazine rings is 1. The van der Waals surface area contributed by atoms with Crippen molar-refractivity contribution in [3.05, 3.63) is 24.3 Å². The summed E-state index contributed by atoms with van der Waals surface area (Å²) in [6.07, 6.45) is 0. The van der Waals surface area contributed by atoms with Gasteiger partial charge in [-0.1, -0.05) is 13.0 Å². The third-order valence-electron chi connectivity index (χ3n) is 4.84. The van der Waals surface area contributed by atoms with Crippen LogP contribution in [0.4, 0.5) is 5.69 Å². The Morgan fingerprint density at radius 1 is 1.14 bits per heavy atom. The molecule has 5 nitrogen and oxygen atoms in total. The van der Waals surface area contributed by atoms with Gasteiger partial charge in [0.15, 0.2) is 9.84 Å². The molecular weight excluding hydrogens is 298 g/mol. The highest BCUT2D eigenvalue weighted by molar-refractivity contribution is 7.91. The zero-order valence-corrected chi connectivity index (χ0v) is 14.2. The molecular formula is C16H25N3O2S. The van der Waals surface area contributed by atoms with Crippen molar-refractivity contribution in [2.24, 2.45) is 0 Å². The summed E-state index contributed by atoms with van der Waals surface area (Å²) < 4.78 is 24.0. The van der Waals surface area contributed by atoms with E-state index in [0.29, 0.717) is 10.9 Å². The molecule has 2 saturated heterocycles. The van der Waals surface area contributed by atoms with Crippen molar-refractivity contribution < 1.29 is 8.42 Å². The molecule has 0 bridgehead atoms. The summed E-state index contributed by atoms with van der Waals surface area (Å²) in [5.74, 6) is 0.153. The van der Waals surface area contributed by atoms with Crippen LogP contribution in [0.15, 0.2) is 29.2 Å². The lowest BCUT2D eigenvalue weighted by Crippen LogP contribution is -2.63. The lowest BCUT2D eigenvalue weighted by atomic mass is 10.0. The smallest absolute Gasteiger partial charge is 0.178 e. The van der Waals surface area contributed by atoms with Crippen LogP contribution in [0.5, 0.6) is 0 Å². The Kier molecular flexibility index (Phi) is 4.43. The first-order chi connectivity index (χ1) is 10.5. The number of hydrogen-bond donors (Lipinski definition) is 0. The van der Waals surface area contributed by atoms with Crippen LogP contribution in [-0.4, -0.2) is 76.3 Å². The average Bonchev–Trinajstić information content (AvgIpc) is 2.48. The molecule has 0 radical (unpaired) electrons. The maximum Gasteiger partial charge on any atom is 0.178 e. The Hall–Kier alpha value is -1.11. The Morgan fingerprint density at radius 3 is 2.45 bits per heavy atom. The van der Waals surface area contributed by atoms with Crippen LogP contribution in [0, 0.1) is 0 Å². The maximum atomic E-state index is 12.0. The molecule has 0 aliphatic carbocycles. The number of anilines is 1. The van der Waals surface area contributed by atoms with Crippen molar-refractivity contribution in [2.75, 3.05) is 57.0 Å². The van der Waals surface area contributed by atoms with E-state index in [1.165, 1.54) is 0 Å². The van der Waals surface area contributed by atoms with Crippen molar-refractivity contribution >= 4 is 15.5 Å². The minimum Gasteiger partial charge on any atom is -0.368 e. The quantitative estimate of drug-likeness (QED) is 0.824. The van der Waals surface area contributed by atoms with Gasteiger partial charge < -0.3 is 9.80 Å². The molecule has 2 heterocycles. The van der Waals surface area contributed by atoms with E-state index in [1.54, 1.807) is 13.0 Å². The molecule has 1 aromatic carbocycles. The summed E-state index contributed by atoms with van der Waals surface area (Å²) in [5.41, 5.74) is 1.03. The zero-order chi connectivity index (χ0) is 15.7. The molecule has 0 N–H and O–H groups in total. The van der Waals surface area contributed by atoms with Crippen LogP contribution in [0.3, 0.4) is 0 Å². The number of hydrogen-bond acceptors (Lipinski definition) is 5. The lowest BCUT2D eigenvalue weighted by Gasteiger charge is -2.48. The van der Waals surface area contributed by atoms with E-state index in [4.69, 9.17) is 0 Å².